The number of carbonyl (C=O) groups is 10. The number of ether oxygens (including phenoxy) is 1. The second kappa shape index (κ2) is 32.9. The van der Waals surface area contributed by atoms with E-state index < -0.39 is 126 Å². The molecule has 0 spiro atoms. The van der Waals surface area contributed by atoms with E-state index in [9.17, 15) is 58.2 Å². The number of nitrogens with zero attached hydrogens (tertiary/aromatic N) is 2. The van der Waals surface area contributed by atoms with Crippen LogP contribution in [0.25, 0.3) is 10.9 Å². The maximum atomic E-state index is 14.8. The highest BCUT2D eigenvalue weighted by molar-refractivity contribution is 6.02. The van der Waals surface area contributed by atoms with Crippen LogP contribution in [0.2, 0.25) is 0 Å². The molecule has 29 nitrogen and oxygen atoms in total. The Hall–Kier alpha value is -8.96. The molecule has 2 aromatic carbocycles. The highest BCUT2D eigenvalue weighted by atomic mass is 16.5. The molecule has 484 valence electrons. The normalized spacial score (nSPS) is 17.4. The SMILES string of the molecule is CCN1CCC[C@H]1C(=O)NC(=O)[C@H](CCCNC(=N)N)NC(=O)[C@H](CC(C)C)NC(=O)[C@@H](COC(C)(C)C)NC(=O)[C@H](Cc1ccc(O)cc1)NC(=O)[C@H](CO)NC(=O)[C@H](Cc1c[nH]c2ccccc12)NC(=O)[C@H](Cc1c[nH]cn1)NC(=O)[C@@H]1CCC(=O)N1. The number of aliphatic hydroxyl groups is 1. The Labute approximate surface area is 515 Å². The molecule has 2 aromatic heterocycles. The summed E-state index contributed by atoms with van der Waals surface area (Å²) in [6, 6.07) is 1.04. The Morgan fingerprint density at radius 1 is 0.753 bits per heavy atom. The van der Waals surface area contributed by atoms with Crippen LogP contribution in [0.3, 0.4) is 0 Å². The first-order valence-electron chi connectivity index (χ1n) is 29.9. The third-order valence-corrected chi connectivity index (χ3v) is 15.1. The summed E-state index contributed by atoms with van der Waals surface area (Å²) in [7, 11) is 0. The quantitative estimate of drug-likeness (QED) is 0.0151. The number of amides is 10. The first-order chi connectivity index (χ1) is 42.3. The zero-order valence-corrected chi connectivity index (χ0v) is 51.1. The van der Waals surface area contributed by atoms with Crippen molar-refractivity contribution in [2.45, 2.75) is 166 Å². The fourth-order valence-corrected chi connectivity index (χ4v) is 10.3. The summed E-state index contributed by atoms with van der Waals surface area (Å²) in [6.07, 6.45) is 5.81. The molecule has 0 aliphatic carbocycles. The number of benzene rings is 2. The lowest BCUT2D eigenvalue weighted by molar-refractivity contribution is -0.138. The van der Waals surface area contributed by atoms with Crippen LogP contribution in [0.4, 0.5) is 0 Å². The summed E-state index contributed by atoms with van der Waals surface area (Å²) in [6.45, 7) is 10.6. The van der Waals surface area contributed by atoms with Crippen LogP contribution < -0.4 is 58.9 Å². The number of phenolic OH excluding ortho intramolecular Hbond substituents is 1. The predicted molar refractivity (Wildman–Crippen MR) is 326 cm³/mol. The molecule has 0 saturated carbocycles. The number of imidazole rings is 1. The van der Waals surface area contributed by atoms with E-state index in [1.165, 1.54) is 36.8 Å². The number of aromatic hydroxyl groups is 1. The molecular formula is C60H86N16O13. The van der Waals surface area contributed by atoms with Gasteiger partial charge in [0.2, 0.25) is 59.1 Å². The van der Waals surface area contributed by atoms with Crippen LogP contribution in [-0.2, 0) is 71.9 Å². The Morgan fingerprint density at radius 3 is 1.98 bits per heavy atom. The van der Waals surface area contributed by atoms with Gasteiger partial charge in [0.15, 0.2) is 5.96 Å². The number of nitrogens with two attached hydrogens (primary N) is 1. The first-order valence-corrected chi connectivity index (χ1v) is 29.9. The number of likely N-dealkylation sites (tertiary alicyclic amines) is 1. The maximum absolute atomic E-state index is 14.8. The standard InChI is InChI=1S/C60H86N16O13/c1-7-76-23-11-15-48(76)58(88)75-51(81)40(14-10-22-64-59(61)62)68-52(82)42(24-33(2)3)69-57(87)47(31-89-60(4,5)6)74-53(83)43(25-34-16-18-37(78)19-17-34)70-56(86)46(30-77)73-54(84)44(26-35-28-65-39-13-9-8-12-38(35)39)71-55(85)45(27-36-29-63-32-66-36)72-50(80)41-20-21-49(79)67-41/h8-9,12-13,16-19,28-29,32-33,40-48,65,77-78H,7,10-11,14-15,20-27,30-31H2,1-6H3,(H,63,66)(H,67,79)(H,68,82)(H,69,87)(H,70,86)(H,71,85)(H,72,80)(H,73,84)(H,74,83)(H4,61,62,64)(H,75,81,88)/t40-,41-,42-,43-,44-,45-,46-,47+,48-/m0/s1. The van der Waals surface area contributed by atoms with Gasteiger partial charge in [-0.15, -0.1) is 0 Å². The van der Waals surface area contributed by atoms with Gasteiger partial charge in [0.05, 0.1) is 36.9 Å². The molecule has 2 aliphatic rings. The molecule has 4 aromatic rings. The smallest absolute Gasteiger partial charge is 0.249 e. The number of para-hydroxylation sites is 1. The lowest BCUT2D eigenvalue weighted by atomic mass is 10.0. The summed E-state index contributed by atoms with van der Waals surface area (Å²) in [5.74, 6) is -8.43. The monoisotopic (exact) mass is 1240 g/mol. The van der Waals surface area contributed by atoms with Crippen molar-refractivity contribution in [2.75, 3.05) is 32.8 Å². The lowest BCUT2D eigenvalue weighted by Gasteiger charge is -2.29. The predicted octanol–water partition coefficient (Wildman–Crippen LogP) is -1.46. The molecule has 9 atom stereocenters. The van der Waals surface area contributed by atoms with Gasteiger partial charge in [-0.05, 0) is 108 Å². The van der Waals surface area contributed by atoms with Crippen molar-refractivity contribution in [1.29, 1.82) is 5.41 Å². The Balaban J connectivity index is 1.23. The molecule has 2 saturated heterocycles. The third-order valence-electron chi connectivity index (χ3n) is 15.1. The van der Waals surface area contributed by atoms with Crippen LogP contribution in [0.15, 0.2) is 67.3 Å². The minimum Gasteiger partial charge on any atom is -0.508 e. The molecule has 0 radical (unpaired) electrons. The van der Waals surface area contributed by atoms with Gasteiger partial charge in [0, 0.05) is 55.5 Å². The highest BCUT2D eigenvalue weighted by Gasteiger charge is 2.38. The molecule has 2 fully saturated rings. The molecule has 10 amide bonds. The number of hydrogen-bond acceptors (Lipinski definition) is 16. The number of aromatic nitrogens is 3. The topological polar surface area (TPSA) is 438 Å². The molecule has 89 heavy (non-hydrogen) atoms. The van der Waals surface area contributed by atoms with Crippen LogP contribution in [0.5, 0.6) is 5.75 Å². The Bertz CT molecular complexity index is 3110. The van der Waals surface area contributed by atoms with E-state index in [0.29, 0.717) is 47.2 Å². The molecule has 29 heteroatoms. The van der Waals surface area contributed by atoms with Crippen molar-refractivity contribution in [3.63, 3.8) is 0 Å². The number of likely N-dealkylation sites (N-methyl/N-ethyl adjacent to an activating group) is 1. The van der Waals surface area contributed by atoms with Crippen molar-refractivity contribution < 1.29 is 62.9 Å². The van der Waals surface area contributed by atoms with Gasteiger partial charge in [-0.1, -0.05) is 51.1 Å². The first kappa shape index (κ1) is 69.1. The van der Waals surface area contributed by atoms with Crippen molar-refractivity contribution in [3.05, 3.63) is 84.1 Å². The van der Waals surface area contributed by atoms with Crippen LogP contribution in [-0.4, -0.2) is 188 Å². The molecule has 4 heterocycles. The fourth-order valence-electron chi connectivity index (χ4n) is 10.3. The van der Waals surface area contributed by atoms with Crippen molar-refractivity contribution >= 4 is 75.9 Å². The third kappa shape index (κ3) is 21.4. The number of hydrogen-bond donors (Lipinski definition) is 16. The zero-order valence-electron chi connectivity index (χ0n) is 51.1. The molecule has 17 N–H and O–H groups in total. The number of phenols is 1. The average molecular weight is 1240 g/mol. The van der Waals surface area contributed by atoms with Gasteiger partial charge in [-0.25, -0.2) is 4.98 Å². The maximum Gasteiger partial charge on any atom is 0.249 e. The van der Waals surface area contributed by atoms with Crippen molar-refractivity contribution in [3.8, 4) is 5.75 Å². The zero-order chi connectivity index (χ0) is 65.0. The van der Waals surface area contributed by atoms with E-state index in [0.717, 1.165) is 6.42 Å². The van der Waals surface area contributed by atoms with E-state index >= 15 is 0 Å². The van der Waals surface area contributed by atoms with Crippen molar-refractivity contribution in [2.24, 2.45) is 11.7 Å². The number of H-pyrrole nitrogens is 2. The minimum absolute atomic E-state index is 0.00345. The number of rotatable bonds is 32. The van der Waals surface area contributed by atoms with Crippen molar-refractivity contribution in [1.82, 2.24) is 73.0 Å². The van der Waals surface area contributed by atoms with Crippen LogP contribution in [0, 0.1) is 11.3 Å². The van der Waals surface area contributed by atoms with Gasteiger partial charge in [-0.3, -0.25) is 63.6 Å². The summed E-state index contributed by atoms with van der Waals surface area (Å²) in [5, 5.41) is 55.4. The van der Waals surface area contributed by atoms with Crippen LogP contribution >= 0.6 is 0 Å². The summed E-state index contributed by atoms with van der Waals surface area (Å²) in [4.78, 5) is 152. The highest BCUT2D eigenvalue weighted by Crippen LogP contribution is 2.21. The van der Waals surface area contributed by atoms with Gasteiger partial charge in [-0.2, -0.15) is 0 Å². The van der Waals surface area contributed by atoms with Gasteiger partial charge in [0.1, 0.15) is 54.1 Å². The van der Waals surface area contributed by atoms with E-state index in [2.05, 4.69) is 68.1 Å². The second-order valence-corrected chi connectivity index (χ2v) is 23.6. The molecule has 0 bridgehead atoms. The summed E-state index contributed by atoms with van der Waals surface area (Å²) in [5.41, 5.74) is 6.65. The Kier molecular flexibility index (Phi) is 25.5. The summed E-state index contributed by atoms with van der Waals surface area (Å²) >= 11 is 0. The largest absolute Gasteiger partial charge is 0.508 e. The van der Waals surface area contributed by atoms with E-state index in [4.69, 9.17) is 15.9 Å². The number of carbonyl (C=O) groups excluding carboxylic acids is 10. The second-order valence-electron chi connectivity index (χ2n) is 23.6. The number of nitrogens with one attached hydrogen (secondary N) is 13. The number of imide groups is 1. The number of aromatic amines is 2. The number of guanidine groups is 1. The van der Waals surface area contributed by atoms with Gasteiger partial charge >= 0.3 is 0 Å². The molecule has 2 aliphatic heterocycles. The summed E-state index contributed by atoms with van der Waals surface area (Å²) < 4.78 is 6.03. The average Bonchev–Trinajstić information content (AvgIpc) is 2.72. The van der Waals surface area contributed by atoms with E-state index in [-0.39, 0.29) is 81.4 Å². The van der Waals surface area contributed by atoms with Gasteiger partial charge < -0.3 is 78.5 Å². The number of aliphatic hydroxyl groups excluding tert-OH is 1. The Morgan fingerprint density at radius 2 is 1.36 bits per heavy atom. The van der Waals surface area contributed by atoms with E-state index in [1.807, 2.05) is 11.8 Å². The van der Waals surface area contributed by atoms with E-state index in [1.54, 1.807) is 65.1 Å². The molecule has 6 rings (SSSR count). The van der Waals surface area contributed by atoms with Crippen LogP contribution in [0.1, 0.15) is 103 Å². The lowest BCUT2D eigenvalue weighted by Crippen LogP contribution is -2.62. The number of fused-ring (bicyclic) bond motifs is 1. The minimum atomic E-state index is -1.78. The molecule has 0 unspecified atom stereocenters. The fraction of sp³-hybridized carbons (Fsp3) is 0.533. The van der Waals surface area contributed by atoms with Gasteiger partial charge in [0.25, 0.3) is 0 Å². The molecular weight excluding hydrogens is 1150 g/mol.